The van der Waals surface area contributed by atoms with E-state index in [1.165, 1.54) is 26.0 Å². The van der Waals surface area contributed by atoms with Crippen molar-refractivity contribution in [3.8, 4) is 0 Å². The molecule has 0 amide bonds. The Bertz CT molecular complexity index is 891. The van der Waals surface area contributed by atoms with E-state index in [9.17, 15) is 9.59 Å². The first-order valence-corrected chi connectivity index (χ1v) is 8.98. The van der Waals surface area contributed by atoms with E-state index < -0.39 is 18.0 Å². The lowest BCUT2D eigenvalue weighted by Gasteiger charge is -2.35. The van der Waals surface area contributed by atoms with E-state index in [4.69, 9.17) is 21.1 Å². The molecule has 6 nitrogen and oxygen atoms in total. The Kier molecular flexibility index (Phi) is 5.11. The quantitative estimate of drug-likeness (QED) is 0.731. The van der Waals surface area contributed by atoms with E-state index in [2.05, 4.69) is 4.99 Å². The number of carbonyl (C=O) groups is 2. The molecule has 0 N–H and O–H groups in total. The predicted molar refractivity (Wildman–Crippen MR) is 100 cm³/mol. The molecular formula is C18H17ClN2O4S. The molecule has 136 valence electrons. The summed E-state index contributed by atoms with van der Waals surface area (Å²) in [5.74, 6) is -0.931. The molecule has 0 spiro atoms. The summed E-state index contributed by atoms with van der Waals surface area (Å²) in [5, 5.41) is 1.11. The van der Waals surface area contributed by atoms with Crippen molar-refractivity contribution >= 4 is 40.5 Å². The summed E-state index contributed by atoms with van der Waals surface area (Å²) in [6, 6.07) is 6.73. The van der Waals surface area contributed by atoms with Crippen LogP contribution in [0.1, 0.15) is 25.5 Å². The Hall–Kier alpha value is -2.25. The first-order valence-electron chi connectivity index (χ1n) is 7.79. The second-order valence-electron chi connectivity index (χ2n) is 5.69. The summed E-state index contributed by atoms with van der Waals surface area (Å²) in [6.45, 7) is 3.54. The van der Waals surface area contributed by atoms with Crippen LogP contribution in [0.5, 0.6) is 0 Å². The number of nitrogens with zero attached hydrogens (tertiary/aromatic N) is 2. The summed E-state index contributed by atoms with van der Waals surface area (Å²) in [4.78, 5) is 31.4. The first-order chi connectivity index (χ1) is 12.4. The zero-order valence-corrected chi connectivity index (χ0v) is 16.3. The van der Waals surface area contributed by atoms with Gasteiger partial charge in [0, 0.05) is 10.7 Å². The molecule has 1 aromatic carbocycles. The van der Waals surface area contributed by atoms with Gasteiger partial charge < -0.3 is 14.4 Å². The van der Waals surface area contributed by atoms with Gasteiger partial charge in [-0.3, -0.25) is 0 Å². The number of aliphatic imine (C=N–C) groups is 1. The van der Waals surface area contributed by atoms with Gasteiger partial charge in [-0.05, 0) is 37.2 Å². The number of thioether (sulfide) groups is 1. The lowest BCUT2D eigenvalue weighted by Crippen LogP contribution is -2.36. The number of fused-ring (bicyclic) bond motifs is 1. The molecule has 2 aliphatic heterocycles. The van der Waals surface area contributed by atoms with Crippen LogP contribution in [0, 0.1) is 0 Å². The van der Waals surface area contributed by atoms with E-state index >= 15 is 0 Å². The summed E-state index contributed by atoms with van der Waals surface area (Å²) in [5.41, 5.74) is 2.29. The number of ether oxygens (including phenoxy) is 2. The maximum Gasteiger partial charge on any atom is 0.346 e. The number of carbonyl (C=O) groups excluding carboxylic acids is 2. The van der Waals surface area contributed by atoms with E-state index in [-0.39, 0.29) is 0 Å². The molecule has 0 unspecified atom stereocenters. The SMILES string of the molecule is COC(=O)C1=C(C)N2C(=NC(C)=C(C(=O)OC)[C@@H]2c2ccccc2Cl)S1. The monoisotopic (exact) mass is 392 g/mol. The van der Waals surface area contributed by atoms with Gasteiger partial charge in [0.15, 0.2) is 5.17 Å². The van der Waals surface area contributed by atoms with Crippen LogP contribution < -0.4 is 0 Å². The van der Waals surface area contributed by atoms with Gasteiger partial charge in [-0.1, -0.05) is 29.8 Å². The largest absolute Gasteiger partial charge is 0.466 e. The molecular weight excluding hydrogens is 376 g/mol. The van der Waals surface area contributed by atoms with Crippen molar-refractivity contribution in [2.45, 2.75) is 19.9 Å². The van der Waals surface area contributed by atoms with Gasteiger partial charge >= 0.3 is 11.9 Å². The maximum atomic E-state index is 12.5. The van der Waals surface area contributed by atoms with Gasteiger partial charge in [-0.2, -0.15) is 0 Å². The Morgan fingerprint density at radius 1 is 1.15 bits per heavy atom. The minimum atomic E-state index is -0.543. The smallest absolute Gasteiger partial charge is 0.346 e. The number of rotatable bonds is 3. The molecule has 0 fully saturated rings. The van der Waals surface area contributed by atoms with Crippen LogP contribution >= 0.6 is 23.4 Å². The molecule has 2 aliphatic rings. The number of hydrogen-bond donors (Lipinski definition) is 0. The van der Waals surface area contributed by atoms with Crippen molar-refractivity contribution in [2.75, 3.05) is 14.2 Å². The molecule has 0 radical (unpaired) electrons. The standard InChI is InChI=1S/C18H17ClN2O4S/c1-9-13(16(22)24-3)14(11-7-5-6-8-12(11)19)21-10(2)15(17(23)25-4)26-18(21)20-9/h5-8,14H,1-4H3/t14-/m0/s1. The van der Waals surface area contributed by atoms with Gasteiger partial charge in [0.1, 0.15) is 4.91 Å². The highest BCUT2D eigenvalue weighted by atomic mass is 35.5. The molecule has 3 rings (SSSR count). The number of benzene rings is 1. The molecule has 0 saturated heterocycles. The van der Waals surface area contributed by atoms with Crippen LogP contribution in [0.2, 0.25) is 5.02 Å². The molecule has 0 saturated carbocycles. The van der Waals surface area contributed by atoms with Gasteiger partial charge in [-0.15, -0.1) is 0 Å². The molecule has 0 bridgehead atoms. The van der Waals surface area contributed by atoms with Crippen LogP contribution in [0.15, 0.2) is 51.1 Å². The third kappa shape index (κ3) is 2.91. The minimum absolute atomic E-state index is 0.385. The van der Waals surface area contributed by atoms with Crippen molar-refractivity contribution in [2.24, 2.45) is 4.99 Å². The lowest BCUT2D eigenvalue weighted by molar-refractivity contribution is -0.137. The van der Waals surface area contributed by atoms with Crippen LogP contribution in [-0.2, 0) is 19.1 Å². The minimum Gasteiger partial charge on any atom is -0.466 e. The third-order valence-electron chi connectivity index (χ3n) is 4.25. The summed E-state index contributed by atoms with van der Waals surface area (Å²) < 4.78 is 9.85. The second-order valence-corrected chi connectivity index (χ2v) is 7.07. The van der Waals surface area contributed by atoms with Crippen LogP contribution in [-0.4, -0.2) is 36.2 Å². The van der Waals surface area contributed by atoms with Crippen molar-refractivity contribution in [1.29, 1.82) is 0 Å². The van der Waals surface area contributed by atoms with Gasteiger partial charge in [0.25, 0.3) is 0 Å². The molecule has 8 heteroatoms. The van der Waals surface area contributed by atoms with Gasteiger partial charge in [0.05, 0.1) is 31.5 Å². The average molecular weight is 393 g/mol. The fourth-order valence-electron chi connectivity index (χ4n) is 3.02. The molecule has 1 atom stereocenters. The fraction of sp³-hybridized carbons (Fsp3) is 0.278. The molecule has 0 aromatic heterocycles. The van der Waals surface area contributed by atoms with Crippen LogP contribution in [0.25, 0.3) is 0 Å². The maximum absolute atomic E-state index is 12.5. The van der Waals surface area contributed by atoms with Crippen molar-refractivity contribution in [1.82, 2.24) is 4.90 Å². The second kappa shape index (κ2) is 7.17. The fourth-order valence-corrected chi connectivity index (χ4v) is 4.38. The Morgan fingerprint density at radius 3 is 2.42 bits per heavy atom. The van der Waals surface area contributed by atoms with E-state index in [1.807, 2.05) is 23.1 Å². The highest BCUT2D eigenvalue weighted by molar-refractivity contribution is 8.18. The number of esters is 2. The highest BCUT2D eigenvalue weighted by Gasteiger charge is 2.43. The van der Waals surface area contributed by atoms with Crippen molar-refractivity contribution in [3.05, 3.63) is 56.7 Å². The lowest BCUT2D eigenvalue weighted by atomic mass is 9.94. The summed E-state index contributed by atoms with van der Waals surface area (Å²) in [6.07, 6.45) is 0. The van der Waals surface area contributed by atoms with E-state index in [0.717, 1.165) is 5.56 Å². The zero-order chi connectivity index (χ0) is 19.0. The van der Waals surface area contributed by atoms with Crippen LogP contribution in [0.3, 0.4) is 0 Å². The number of allylic oxidation sites excluding steroid dienone is 2. The first kappa shape index (κ1) is 18.5. The Balaban J connectivity index is 2.23. The van der Waals surface area contributed by atoms with Gasteiger partial charge in [0.2, 0.25) is 0 Å². The number of hydrogen-bond acceptors (Lipinski definition) is 7. The normalized spacial score (nSPS) is 19.3. The topological polar surface area (TPSA) is 68.2 Å². The predicted octanol–water partition coefficient (Wildman–Crippen LogP) is 3.65. The number of methoxy groups -OCH3 is 2. The molecule has 1 aromatic rings. The average Bonchev–Trinajstić information content (AvgIpc) is 2.96. The Morgan fingerprint density at radius 2 is 1.81 bits per heavy atom. The Labute approximate surface area is 160 Å². The zero-order valence-electron chi connectivity index (χ0n) is 14.7. The number of amidine groups is 1. The third-order valence-corrected chi connectivity index (χ3v) is 5.73. The molecule has 2 heterocycles. The van der Waals surface area contributed by atoms with Crippen LogP contribution in [0.4, 0.5) is 0 Å². The summed E-state index contributed by atoms with van der Waals surface area (Å²) in [7, 11) is 2.66. The van der Waals surface area contributed by atoms with Gasteiger partial charge in [-0.25, -0.2) is 14.6 Å². The van der Waals surface area contributed by atoms with E-state index in [0.29, 0.717) is 32.1 Å². The molecule has 26 heavy (non-hydrogen) atoms. The highest BCUT2D eigenvalue weighted by Crippen LogP contribution is 2.48. The summed E-state index contributed by atoms with van der Waals surface area (Å²) >= 11 is 7.64. The van der Waals surface area contributed by atoms with Crippen molar-refractivity contribution < 1.29 is 19.1 Å². The number of halogens is 1. The molecule has 0 aliphatic carbocycles. The van der Waals surface area contributed by atoms with E-state index in [1.54, 1.807) is 19.9 Å². The van der Waals surface area contributed by atoms with Crippen molar-refractivity contribution in [3.63, 3.8) is 0 Å².